The number of hydrogen-bond donors (Lipinski definition) is 1. The SMILES string of the molecule is COC(=O)c1ccc(CNC(=O)C(C)N2CCCC2c2cccs2)cc1. The van der Waals surface area contributed by atoms with Gasteiger partial charge in [-0.05, 0) is 55.5 Å². The molecule has 1 aliphatic rings. The lowest BCUT2D eigenvalue weighted by atomic mass is 10.1. The minimum Gasteiger partial charge on any atom is -0.465 e. The molecule has 0 saturated carbocycles. The Morgan fingerprint density at radius 1 is 1.31 bits per heavy atom. The summed E-state index contributed by atoms with van der Waals surface area (Å²) in [6, 6.07) is 11.5. The molecule has 3 rings (SSSR count). The van der Waals surface area contributed by atoms with E-state index in [9.17, 15) is 9.59 Å². The van der Waals surface area contributed by atoms with Crippen molar-refractivity contribution < 1.29 is 14.3 Å². The number of amides is 1. The molecule has 2 heterocycles. The van der Waals surface area contributed by atoms with Crippen molar-refractivity contribution in [3.8, 4) is 0 Å². The van der Waals surface area contributed by atoms with Gasteiger partial charge in [-0.3, -0.25) is 9.69 Å². The van der Waals surface area contributed by atoms with Gasteiger partial charge in [0, 0.05) is 17.5 Å². The van der Waals surface area contributed by atoms with E-state index in [4.69, 9.17) is 4.74 Å². The molecule has 2 atom stereocenters. The molecule has 0 bridgehead atoms. The summed E-state index contributed by atoms with van der Waals surface area (Å²) in [6.07, 6.45) is 2.22. The van der Waals surface area contributed by atoms with Crippen LogP contribution < -0.4 is 5.32 Å². The van der Waals surface area contributed by atoms with Crippen molar-refractivity contribution in [1.29, 1.82) is 0 Å². The second-order valence-corrected chi connectivity index (χ2v) is 7.47. The Labute approximate surface area is 158 Å². The molecule has 1 aromatic heterocycles. The number of hydrogen-bond acceptors (Lipinski definition) is 5. The summed E-state index contributed by atoms with van der Waals surface area (Å²) < 4.78 is 4.69. The van der Waals surface area contributed by atoms with Crippen LogP contribution in [0, 0.1) is 0 Å². The van der Waals surface area contributed by atoms with Crippen molar-refractivity contribution in [3.05, 3.63) is 57.8 Å². The fourth-order valence-corrected chi connectivity index (χ4v) is 4.28. The van der Waals surface area contributed by atoms with Crippen molar-refractivity contribution in [2.45, 2.75) is 38.4 Å². The highest BCUT2D eigenvalue weighted by Crippen LogP contribution is 2.35. The maximum absolute atomic E-state index is 12.6. The Balaban J connectivity index is 1.56. The van der Waals surface area contributed by atoms with Gasteiger partial charge < -0.3 is 10.1 Å². The summed E-state index contributed by atoms with van der Waals surface area (Å²) in [6.45, 7) is 3.37. The predicted molar refractivity (Wildman–Crippen MR) is 102 cm³/mol. The zero-order valence-electron chi connectivity index (χ0n) is 15.1. The molecular weight excluding hydrogens is 348 g/mol. The topological polar surface area (TPSA) is 58.6 Å². The van der Waals surface area contributed by atoms with Crippen LogP contribution >= 0.6 is 11.3 Å². The number of nitrogens with zero attached hydrogens (tertiary/aromatic N) is 1. The number of benzene rings is 1. The van der Waals surface area contributed by atoms with Crippen molar-refractivity contribution in [1.82, 2.24) is 10.2 Å². The number of likely N-dealkylation sites (tertiary alicyclic amines) is 1. The summed E-state index contributed by atoms with van der Waals surface area (Å²) in [5.74, 6) is -0.326. The molecule has 6 heteroatoms. The Hall–Kier alpha value is -2.18. The van der Waals surface area contributed by atoms with Crippen LogP contribution in [0.5, 0.6) is 0 Å². The highest BCUT2D eigenvalue weighted by molar-refractivity contribution is 7.10. The van der Waals surface area contributed by atoms with Crippen molar-refractivity contribution >= 4 is 23.2 Å². The van der Waals surface area contributed by atoms with E-state index in [-0.39, 0.29) is 17.9 Å². The van der Waals surface area contributed by atoms with E-state index in [1.54, 1.807) is 23.5 Å². The van der Waals surface area contributed by atoms with Crippen molar-refractivity contribution in [2.24, 2.45) is 0 Å². The van der Waals surface area contributed by atoms with Crippen molar-refractivity contribution in [2.75, 3.05) is 13.7 Å². The van der Waals surface area contributed by atoms with Gasteiger partial charge in [-0.2, -0.15) is 0 Å². The molecule has 1 fully saturated rings. The fraction of sp³-hybridized carbons (Fsp3) is 0.400. The first-order valence-corrected chi connectivity index (χ1v) is 9.72. The van der Waals surface area contributed by atoms with E-state index < -0.39 is 0 Å². The molecule has 0 spiro atoms. The molecule has 1 aliphatic heterocycles. The number of ether oxygens (including phenoxy) is 1. The Morgan fingerprint density at radius 2 is 2.08 bits per heavy atom. The second kappa shape index (κ2) is 8.47. The van der Waals surface area contributed by atoms with Crippen LogP contribution in [0.4, 0.5) is 0 Å². The van der Waals surface area contributed by atoms with Gasteiger partial charge >= 0.3 is 5.97 Å². The summed E-state index contributed by atoms with van der Waals surface area (Å²) in [7, 11) is 1.36. The van der Waals surface area contributed by atoms with E-state index in [0.717, 1.165) is 24.9 Å². The van der Waals surface area contributed by atoms with Gasteiger partial charge in [0.1, 0.15) is 0 Å². The molecule has 1 N–H and O–H groups in total. The zero-order valence-corrected chi connectivity index (χ0v) is 15.9. The van der Waals surface area contributed by atoms with Gasteiger partial charge in [0.15, 0.2) is 0 Å². The number of nitrogens with one attached hydrogen (secondary N) is 1. The third kappa shape index (κ3) is 4.14. The predicted octanol–water partition coefficient (Wildman–Crippen LogP) is 3.38. The molecule has 1 saturated heterocycles. The van der Waals surface area contributed by atoms with Crippen LogP contribution in [0.25, 0.3) is 0 Å². The quantitative estimate of drug-likeness (QED) is 0.790. The normalized spacial score (nSPS) is 18.5. The molecule has 2 aromatic rings. The molecule has 2 unspecified atom stereocenters. The Bertz CT molecular complexity index is 743. The molecule has 1 amide bonds. The second-order valence-electron chi connectivity index (χ2n) is 6.49. The van der Waals surface area contributed by atoms with Crippen LogP contribution in [-0.4, -0.2) is 36.5 Å². The van der Waals surface area contributed by atoms with E-state index in [1.165, 1.54) is 12.0 Å². The Morgan fingerprint density at radius 3 is 2.73 bits per heavy atom. The maximum Gasteiger partial charge on any atom is 0.337 e. The molecule has 5 nitrogen and oxygen atoms in total. The van der Waals surface area contributed by atoms with Crippen LogP contribution in [0.1, 0.15) is 46.6 Å². The highest BCUT2D eigenvalue weighted by atomic mass is 32.1. The highest BCUT2D eigenvalue weighted by Gasteiger charge is 2.33. The Kier molecular flexibility index (Phi) is 6.06. The lowest BCUT2D eigenvalue weighted by Gasteiger charge is -2.29. The fourth-order valence-electron chi connectivity index (χ4n) is 3.40. The number of methoxy groups -OCH3 is 1. The van der Waals surface area contributed by atoms with E-state index in [2.05, 4.69) is 27.7 Å². The number of rotatable bonds is 6. The average Bonchev–Trinajstić information content (AvgIpc) is 3.36. The molecule has 26 heavy (non-hydrogen) atoms. The first-order valence-electron chi connectivity index (χ1n) is 8.84. The number of thiophene rings is 1. The summed E-state index contributed by atoms with van der Waals surface area (Å²) in [5, 5.41) is 5.10. The monoisotopic (exact) mass is 372 g/mol. The van der Waals surface area contributed by atoms with Gasteiger partial charge in [-0.25, -0.2) is 4.79 Å². The molecule has 1 aromatic carbocycles. The van der Waals surface area contributed by atoms with Gasteiger partial charge in [-0.1, -0.05) is 18.2 Å². The lowest BCUT2D eigenvalue weighted by molar-refractivity contribution is -0.126. The third-order valence-electron chi connectivity index (χ3n) is 4.88. The zero-order chi connectivity index (χ0) is 18.5. The van der Waals surface area contributed by atoms with Gasteiger partial charge in [0.25, 0.3) is 0 Å². The van der Waals surface area contributed by atoms with Gasteiger partial charge in [0.05, 0.1) is 18.7 Å². The minimum atomic E-state index is -0.358. The van der Waals surface area contributed by atoms with Gasteiger partial charge in [-0.15, -0.1) is 11.3 Å². The average molecular weight is 372 g/mol. The summed E-state index contributed by atoms with van der Waals surface area (Å²) in [4.78, 5) is 27.7. The third-order valence-corrected chi connectivity index (χ3v) is 5.86. The van der Waals surface area contributed by atoms with Crippen LogP contribution in [0.15, 0.2) is 41.8 Å². The van der Waals surface area contributed by atoms with Crippen LogP contribution in [0.2, 0.25) is 0 Å². The molecule has 138 valence electrons. The first kappa shape index (κ1) is 18.6. The minimum absolute atomic E-state index is 0.0329. The standard InChI is InChI=1S/C20H24N2O3S/c1-14(22-11-3-5-17(22)18-6-4-12-26-18)19(23)21-13-15-7-9-16(10-8-15)20(24)25-2/h4,6-10,12,14,17H,3,5,11,13H2,1-2H3,(H,21,23). The number of carbonyl (C=O) groups excluding carboxylic acids is 2. The largest absolute Gasteiger partial charge is 0.465 e. The first-order chi connectivity index (χ1) is 12.6. The van der Waals surface area contributed by atoms with E-state index in [0.29, 0.717) is 18.2 Å². The molecular formula is C20H24N2O3S. The van der Waals surface area contributed by atoms with Crippen LogP contribution in [-0.2, 0) is 16.1 Å². The number of carbonyl (C=O) groups is 2. The summed E-state index contributed by atoms with van der Waals surface area (Å²) in [5.41, 5.74) is 1.46. The molecule has 0 radical (unpaired) electrons. The van der Waals surface area contributed by atoms with Crippen LogP contribution in [0.3, 0.4) is 0 Å². The number of esters is 1. The van der Waals surface area contributed by atoms with E-state index in [1.807, 2.05) is 19.1 Å². The summed E-state index contributed by atoms with van der Waals surface area (Å²) >= 11 is 1.76. The maximum atomic E-state index is 12.6. The smallest absolute Gasteiger partial charge is 0.337 e. The van der Waals surface area contributed by atoms with Crippen molar-refractivity contribution in [3.63, 3.8) is 0 Å². The molecule has 0 aliphatic carbocycles. The van der Waals surface area contributed by atoms with E-state index >= 15 is 0 Å². The lowest BCUT2D eigenvalue weighted by Crippen LogP contribution is -2.44. The van der Waals surface area contributed by atoms with Gasteiger partial charge in [0.2, 0.25) is 5.91 Å².